The van der Waals surface area contributed by atoms with Crippen molar-refractivity contribution in [2.24, 2.45) is 0 Å². The highest BCUT2D eigenvalue weighted by atomic mass is 32.2. The third-order valence-electron chi connectivity index (χ3n) is 2.02. The molecule has 0 amide bonds. The second kappa shape index (κ2) is 6.83. The van der Waals surface area contributed by atoms with Gasteiger partial charge in [-0.05, 0) is 25.5 Å². The number of aromatic carboxylic acids is 1. The van der Waals surface area contributed by atoms with E-state index in [1.807, 2.05) is 6.92 Å². The van der Waals surface area contributed by atoms with Gasteiger partial charge in [-0.25, -0.2) is 17.9 Å². The van der Waals surface area contributed by atoms with E-state index in [9.17, 15) is 13.2 Å². The van der Waals surface area contributed by atoms with Gasteiger partial charge < -0.3 is 9.84 Å². The van der Waals surface area contributed by atoms with Gasteiger partial charge >= 0.3 is 5.97 Å². The number of ether oxygens (including phenoxy) is 1. The lowest BCUT2D eigenvalue weighted by Crippen LogP contribution is -2.24. The molecule has 0 aliphatic heterocycles. The Morgan fingerprint density at radius 2 is 2.22 bits per heavy atom. The Morgan fingerprint density at radius 1 is 1.50 bits per heavy atom. The van der Waals surface area contributed by atoms with E-state index < -0.39 is 16.0 Å². The highest BCUT2D eigenvalue weighted by Crippen LogP contribution is 2.21. The summed E-state index contributed by atoms with van der Waals surface area (Å²) in [4.78, 5) is 10.7. The second-order valence-electron chi connectivity index (χ2n) is 3.37. The van der Waals surface area contributed by atoms with E-state index in [0.29, 0.717) is 19.6 Å². The van der Waals surface area contributed by atoms with Crippen LogP contribution in [0, 0.1) is 0 Å². The van der Waals surface area contributed by atoms with Crippen LogP contribution in [0.3, 0.4) is 0 Å². The average Bonchev–Trinajstić information content (AvgIpc) is 2.78. The fourth-order valence-electron chi connectivity index (χ4n) is 1.18. The minimum Gasteiger partial charge on any atom is -0.477 e. The van der Waals surface area contributed by atoms with E-state index in [0.717, 1.165) is 11.3 Å². The summed E-state index contributed by atoms with van der Waals surface area (Å²) in [5.41, 5.74) is 0. The summed E-state index contributed by atoms with van der Waals surface area (Å²) in [7, 11) is -3.61. The summed E-state index contributed by atoms with van der Waals surface area (Å²) < 4.78 is 31.0. The maximum absolute atomic E-state index is 11.8. The maximum atomic E-state index is 11.8. The molecule has 8 heteroatoms. The summed E-state index contributed by atoms with van der Waals surface area (Å²) in [5, 5.41) is 8.72. The van der Waals surface area contributed by atoms with Gasteiger partial charge in [0.2, 0.25) is 10.0 Å². The smallest absolute Gasteiger partial charge is 0.345 e. The van der Waals surface area contributed by atoms with Crippen LogP contribution >= 0.6 is 11.3 Å². The second-order valence-corrected chi connectivity index (χ2v) is 6.45. The molecule has 0 bridgehead atoms. The van der Waals surface area contributed by atoms with Crippen molar-refractivity contribution in [2.45, 2.75) is 17.6 Å². The molecule has 0 aromatic carbocycles. The number of hydrogen-bond acceptors (Lipinski definition) is 5. The summed E-state index contributed by atoms with van der Waals surface area (Å²) in [6, 6.07) is 2.57. The van der Waals surface area contributed by atoms with E-state index in [1.165, 1.54) is 12.1 Å². The summed E-state index contributed by atoms with van der Waals surface area (Å²) >= 11 is 0.735. The first kappa shape index (κ1) is 15.1. The Balaban J connectivity index is 2.54. The molecule has 0 fully saturated rings. The van der Waals surface area contributed by atoms with E-state index >= 15 is 0 Å². The third-order valence-corrected chi connectivity index (χ3v) is 5.04. The minimum absolute atomic E-state index is 0.00434. The van der Waals surface area contributed by atoms with E-state index in [1.54, 1.807) is 0 Å². The van der Waals surface area contributed by atoms with Gasteiger partial charge in [-0.3, -0.25) is 0 Å². The van der Waals surface area contributed by atoms with Crippen LogP contribution in [0.2, 0.25) is 0 Å². The maximum Gasteiger partial charge on any atom is 0.345 e. The van der Waals surface area contributed by atoms with Gasteiger partial charge in [0.05, 0.1) is 0 Å². The Morgan fingerprint density at radius 3 is 2.78 bits per heavy atom. The molecule has 2 N–H and O–H groups in total. The van der Waals surface area contributed by atoms with Crippen molar-refractivity contribution in [1.82, 2.24) is 4.72 Å². The standard InChI is InChI=1S/C10H15NO5S2/c1-2-16-7-3-6-11-18(14,15)9-5-4-8(17-9)10(12)13/h4-5,11H,2-3,6-7H2,1H3,(H,12,13). The number of carboxylic acids is 1. The van der Waals surface area contributed by atoms with E-state index in [-0.39, 0.29) is 15.6 Å². The van der Waals surface area contributed by atoms with Crippen molar-refractivity contribution < 1.29 is 23.1 Å². The molecule has 0 aliphatic rings. The zero-order valence-corrected chi connectivity index (χ0v) is 11.5. The predicted octanol–water partition coefficient (Wildman–Crippen LogP) is 1.15. The number of sulfonamides is 1. The van der Waals surface area contributed by atoms with Crippen LogP contribution in [-0.4, -0.2) is 39.3 Å². The Kier molecular flexibility index (Phi) is 5.73. The van der Waals surface area contributed by atoms with Crippen LogP contribution in [0.25, 0.3) is 0 Å². The van der Waals surface area contributed by atoms with Crippen LogP contribution in [-0.2, 0) is 14.8 Å². The first-order valence-electron chi connectivity index (χ1n) is 5.38. The van der Waals surface area contributed by atoms with E-state index in [2.05, 4.69) is 4.72 Å². The number of rotatable bonds is 8. The molecule has 6 nitrogen and oxygen atoms in total. The molecule has 0 radical (unpaired) electrons. The summed E-state index contributed by atoms with van der Waals surface area (Å²) in [6.07, 6.45) is 0.574. The lowest BCUT2D eigenvalue weighted by atomic mass is 10.5. The van der Waals surface area contributed by atoms with Gasteiger partial charge in [0.1, 0.15) is 9.09 Å². The number of carbonyl (C=O) groups is 1. The summed E-state index contributed by atoms with van der Waals surface area (Å²) in [5.74, 6) is -1.13. The average molecular weight is 293 g/mol. The normalized spacial score (nSPS) is 11.6. The van der Waals surface area contributed by atoms with Crippen molar-refractivity contribution in [3.63, 3.8) is 0 Å². The molecule has 0 aliphatic carbocycles. The minimum atomic E-state index is -3.61. The van der Waals surface area contributed by atoms with Crippen molar-refractivity contribution >= 4 is 27.3 Å². The van der Waals surface area contributed by atoms with Gasteiger partial charge in [0.15, 0.2) is 0 Å². The molecule has 1 aromatic heterocycles. The molecule has 0 spiro atoms. The fourth-order valence-corrected chi connectivity index (χ4v) is 3.44. The van der Waals surface area contributed by atoms with Crippen LogP contribution in [0.1, 0.15) is 23.0 Å². The molecular formula is C10H15NO5S2. The zero-order chi connectivity index (χ0) is 13.6. The molecule has 1 rings (SSSR count). The number of hydrogen-bond donors (Lipinski definition) is 2. The monoisotopic (exact) mass is 293 g/mol. The zero-order valence-electron chi connectivity index (χ0n) is 9.88. The van der Waals surface area contributed by atoms with Gasteiger partial charge in [-0.1, -0.05) is 0 Å². The summed E-state index contributed by atoms with van der Waals surface area (Å²) in [6.45, 7) is 3.22. The van der Waals surface area contributed by atoms with Crippen molar-refractivity contribution in [2.75, 3.05) is 19.8 Å². The molecule has 1 heterocycles. The Bertz CT molecular complexity index is 494. The first-order chi connectivity index (χ1) is 8.47. The largest absolute Gasteiger partial charge is 0.477 e. The topological polar surface area (TPSA) is 92.7 Å². The van der Waals surface area contributed by atoms with Crippen molar-refractivity contribution in [3.8, 4) is 0 Å². The molecule has 0 saturated heterocycles. The predicted molar refractivity (Wildman–Crippen MR) is 67.6 cm³/mol. The van der Waals surface area contributed by atoms with Crippen molar-refractivity contribution in [1.29, 1.82) is 0 Å². The molecule has 1 aromatic rings. The van der Waals surface area contributed by atoms with Gasteiger partial charge in [0, 0.05) is 19.8 Å². The Hall–Kier alpha value is -0.960. The first-order valence-corrected chi connectivity index (χ1v) is 7.68. The molecule has 18 heavy (non-hydrogen) atoms. The lowest BCUT2D eigenvalue weighted by Gasteiger charge is -2.04. The molecule has 102 valence electrons. The number of nitrogens with one attached hydrogen (secondary N) is 1. The highest BCUT2D eigenvalue weighted by Gasteiger charge is 2.18. The van der Waals surface area contributed by atoms with Crippen molar-refractivity contribution in [3.05, 3.63) is 17.0 Å². The van der Waals surface area contributed by atoms with Crippen LogP contribution in [0.5, 0.6) is 0 Å². The van der Waals surface area contributed by atoms with Gasteiger partial charge in [-0.2, -0.15) is 0 Å². The highest BCUT2D eigenvalue weighted by molar-refractivity contribution is 7.91. The van der Waals surface area contributed by atoms with Gasteiger partial charge in [0.25, 0.3) is 0 Å². The quantitative estimate of drug-likeness (QED) is 0.701. The van der Waals surface area contributed by atoms with Crippen LogP contribution in [0.15, 0.2) is 16.3 Å². The van der Waals surface area contributed by atoms with Gasteiger partial charge in [-0.15, -0.1) is 11.3 Å². The molecular weight excluding hydrogens is 278 g/mol. The number of thiophene rings is 1. The molecule has 0 unspecified atom stereocenters. The number of carboxylic acid groups (broad SMARTS) is 1. The molecule has 0 saturated carbocycles. The lowest BCUT2D eigenvalue weighted by molar-refractivity contribution is 0.0702. The Labute approximate surface area is 110 Å². The third kappa shape index (κ3) is 4.37. The fraction of sp³-hybridized carbons (Fsp3) is 0.500. The van der Waals surface area contributed by atoms with Crippen LogP contribution < -0.4 is 4.72 Å². The molecule has 0 atom stereocenters. The van der Waals surface area contributed by atoms with Crippen LogP contribution in [0.4, 0.5) is 0 Å². The SMILES string of the molecule is CCOCCCNS(=O)(=O)c1ccc(C(=O)O)s1. The van der Waals surface area contributed by atoms with E-state index in [4.69, 9.17) is 9.84 Å².